The van der Waals surface area contributed by atoms with Crippen LogP contribution in [0.15, 0.2) is 42.5 Å². The quantitative estimate of drug-likeness (QED) is 0.478. The zero-order chi connectivity index (χ0) is 20.4. The highest BCUT2D eigenvalue weighted by Crippen LogP contribution is 2.28. The van der Waals surface area contributed by atoms with Crippen LogP contribution < -0.4 is 20.1 Å². The summed E-state index contributed by atoms with van der Waals surface area (Å²) in [5.74, 6) is 0.579. The topological polar surface area (TPSA) is 85.9 Å². The van der Waals surface area contributed by atoms with Crippen molar-refractivity contribution in [2.24, 2.45) is 0 Å². The van der Waals surface area contributed by atoms with Gasteiger partial charge in [-0.05, 0) is 42.8 Å². The molecule has 2 aromatic rings. The summed E-state index contributed by atoms with van der Waals surface area (Å²) in [6.45, 7) is 2.52. The fraction of sp³-hybridized carbons (Fsp3) is 0.333. The lowest BCUT2D eigenvalue weighted by molar-refractivity contribution is -0.114. The highest BCUT2D eigenvalue weighted by Gasteiger charge is 2.10. The molecule has 0 aliphatic rings. The molecule has 0 aliphatic carbocycles. The minimum absolute atomic E-state index is 0.0650. The summed E-state index contributed by atoms with van der Waals surface area (Å²) < 4.78 is 15.6. The lowest BCUT2D eigenvalue weighted by Crippen LogP contribution is -2.22. The third kappa shape index (κ3) is 6.19. The number of carbonyl (C=O) groups is 2. The Bertz CT molecular complexity index is 790. The van der Waals surface area contributed by atoms with Gasteiger partial charge in [-0.1, -0.05) is 13.3 Å². The highest BCUT2D eigenvalue weighted by molar-refractivity contribution is 5.95. The van der Waals surface area contributed by atoms with Crippen molar-refractivity contribution in [2.45, 2.75) is 19.8 Å². The van der Waals surface area contributed by atoms with Crippen LogP contribution in [0.25, 0.3) is 0 Å². The summed E-state index contributed by atoms with van der Waals surface area (Å²) in [5.41, 5.74) is 1.76. The smallest absolute Gasteiger partial charge is 0.338 e. The van der Waals surface area contributed by atoms with Crippen molar-refractivity contribution < 1.29 is 23.8 Å². The van der Waals surface area contributed by atoms with Gasteiger partial charge in [-0.25, -0.2) is 4.79 Å². The summed E-state index contributed by atoms with van der Waals surface area (Å²) >= 11 is 0. The lowest BCUT2D eigenvalue weighted by atomic mass is 10.2. The van der Waals surface area contributed by atoms with Crippen molar-refractivity contribution in [3.63, 3.8) is 0 Å². The van der Waals surface area contributed by atoms with E-state index in [1.54, 1.807) is 49.6 Å². The van der Waals surface area contributed by atoms with Gasteiger partial charge in [-0.3, -0.25) is 4.79 Å². The van der Waals surface area contributed by atoms with Crippen molar-refractivity contribution in [1.82, 2.24) is 0 Å². The molecule has 1 amide bonds. The summed E-state index contributed by atoms with van der Waals surface area (Å²) in [7, 11) is 3.09. The van der Waals surface area contributed by atoms with Crippen LogP contribution in [-0.2, 0) is 9.53 Å². The maximum atomic E-state index is 12.2. The average Bonchev–Trinajstić information content (AvgIpc) is 2.73. The van der Waals surface area contributed by atoms with Crippen molar-refractivity contribution in [1.29, 1.82) is 0 Å². The number of esters is 1. The SMILES string of the molecule is CCCCOC(=O)c1ccc(NCC(=O)Nc2ccc(OC)cc2OC)cc1. The van der Waals surface area contributed by atoms with Crippen LogP contribution in [0.4, 0.5) is 11.4 Å². The van der Waals surface area contributed by atoms with Gasteiger partial charge in [0.05, 0.1) is 38.6 Å². The fourth-order valence-electron chi connectivity index (χ4n) is 2.40. The molecule has 2 N–H and O–H groups in total. The number of hydrogen-bond acceptors (Lipinski definition) is 6. The molecular formula is C21H26N2O5. The van der Waals surface area contributed by atoms with Gasteiger partial charge in [0.2, 0.25) is 5.91 Å². The van der Waals surface area contributed by atoms with Gasteiger partial charge >= 0.3 is 5.97 Å². The second kappa shape index (κ2) is 10.8. The van der Waals surface area contributed by atoms with Gasteiger partial charge < -0.3 is 24.8 Å². The molecule has 0 saturated carbocycles. The minimum Gasteiger partial charge on any atom is -0.497 e. The summed E-state index contributed by atoms with van der Waals surface area (Å²) in [5, 5.41) is 5.80. The zero-order valence-electron chi connectivity index (χ0n) is 16.4. The maximum Gasteiger partial charge on any atom is 0.338 e. The monoisotopic (exact) mass is 386 g/mol. The number of methoxy groups -OCH3 is 2. The molecule has 7 heteroatoms. The van der Waals surface area contributed by atoms with E-state index >= 15 is 0 Å². The van der Waals surface area contributed by atoms with Crippen molar-refractivity contribution >= 4 is 23.3 Å². The van der Waals surface area contributed by atoms with Gasteiger partial charge in [0.15, 0.2) is 0 Å². The summed E-state index contributed by atoms with van der Waals surface area (Å²) in [6.07, 6.45) is 1.82. The predicted molar refractivity (Wildman–Crippen MR) is 108 cm³/mol. The van der Waals surface area contributed by atoms with Crippen molar-refractivity contribution in [3.05, 3.63) is 48.0 Å². The number of carbonyl (C=O) groups excluding carboxylic acids is 2. The molecule has 0 fully saturated rings. The Morgan fingerprint density at radius 1 is 1.00 bits per heavy atom. The molecule has 0 atom stereocenters. The Labute approximate surface area is 165 Å². The lowest BCUT2D eigenvalue weighted by Gasteiger charge is -2.12. The second-order valence-electron chi connectivity index (χ2n) is 6.03. The van der Waals surface area contributed by atoms with E-state index in [2.05, 4.69) is 10.6 Å². The Kier molecular flexibility index (Phi) is 8.14. The van der Waals surface area contributed by atoms with Crippen LogP contribution in [0.5, 0.6) is 11.5 Å². The van der Waals surface area contributed by atoms with Crippen LogP contribution >= 0.6 is 0 Å². The van der Waals surface area contributed by atoms with E-state index in [0.29, 0.717) is 29.4 Å². The summed E-state index contributed by atoms with van der Waals surface area (Å²) in [4.78, 5) is 24.1. The Balaban J connectivity index is 1.86. The van der Waals surface area contributed by atoms with E-state index in [1.807, 2.05) is 6.92 Å². The summed E-state index contributed by atoms with van der Waals surface area (Å²) in [6, 6.07) is 12.0. The van der Waals surface area contributed by atoms with Gasteiger partial charge in [0, 0.05) is 11.8 Å². The van der Waals surface area contributed by atoms with Gasteiger partial charge in [0.1, 0.15) is 11.5 Å². The highest BCUT2D eigenvalue weighted by atomic mass is 16.5. The maximum absolute atomic E-state index is 12.2. The van der Waals surface area contributed by atoms with Crippen LogP contribution in [0.1, 0.15) is 30.1 Å². The van der Waals surface area contributed by atoms with E-state index in [4.69, 9.17) is 14.2 Å². The molecule has 0 spiro atoms. The van der Waals surface area contributed by atoms with Crippen molar-refractivity contribution in [2.75, 3.05) is 38.0 Å². The number of unbranched alkanes of at least 4 members (excludes halogenated alkanes) is 1. The molecule has 0 bridgehead atoms. The number of rotatable bonds is 10. The average molecular weight is 386 g/mol. The van der Waals surface area contributed by atoms with E-state index in [0.717, 1.165) is 18.5 Å². The molecule has 0 radical (unpaired) electrons. The molecule has 150 valence electrons. The van der Waals surface area contributed by atoms with Gasteiger partial charge in [-0.2, -0.15) is 0 Å². The molecule has 0 saturated heterocycles. The minimum atomic E-state index is -0.343. The van der Waals surface area contributed by atoms with E-state index in [-0.39, 0.29) is 18.4 Å². The number of nitrogens with one attached hydrogen (secondary N) is 2. The molecule has 0 unspecified atom stereocenters. The number of anilines is 2. The Hall–Kier alpha value is -3.22. The predicted octanol–water partition coefficient (Wildman–Crippen LogP) is 3.71. The van der Waals surface area contributed by atoms with Gasteiger partial charge in [0.25, 0.3) is 0 Å². The first-order chi connectivity index (χ1) is 13.6. The molecule has 28 heavy (non-hydrogen) atoms. The van der Waals surface area contributed by atoms with Crippen LogP contribution in [-0.4, -0.2) is 39.2 Å². The first kappa shape index (κ1) is 21.1. The third-order valence-corrected chi connectivity index (χ3v) is 3.99. The molecule has 0 aromatic heterocycles. The first-order valence-corrected chi connectivity index (χ1v) is 9.10. The molecule has 2 aromatic carbocycles. The van der Waals surface area contributed by atoms with E-state index in [9.17, 15) is 9.59 Å². The van der Waals surface area contributed by atoms with Gasteiger partial charge in [-0.15, -0.1) is 0 Å². The van der Waals surface area contributed by atoms with E-state index in [1.165, 1.54) is 7.11 Å². The molecular weight excluding hydrogens is 360 g/mol. The Morgan fingerprint density at radius 3 is 2.39 bits per heavy atom. The van der Waals surface area contributed by atoms with Crippen LogP contribution in [0.3, 0.4) is 0 Å². The largest absolute Gasteiger partial charge is 0.497 e. The normalized spacial score (nSPS) is 10.1. The number of benzene rings is 2. The molecule has 2 rings (SSSR count). The number of amides is 1. The third-order valence-electron chi connectivity index (χ3n) is 3.99. The van der Waals surface area contributed by atoms with Crippen LogP contribution in [0.2, 0.25) is 0 Å². The first-order valence-electron chi connectivity index (χ1n) is 9.10. The molecule has 0 aliphatic heterocycles. The fourth-order valence-corrected chi connectivity index (χ4v) is 2.40. The number of ether oxygens (including phenoxy) is 3. The standard InChI is InChI=1S/C21H26N2O5/c1-4-5-12-28-21(25)15-6-8-16(9-7-15)22-14-20(24)23-18-11-10-17(26-2)13-19(18)27-3/h6-11,13,22H,4-5,12,14H2,1-3H3,(H,23,24). The van der Waals surface area contributed by atoms with Crippen molar-refractivity contribution in [3.8, 4) is 11.5 Å². The number of hydrogen-bond donors (Lipinski definition) is 2. The van der Waals surface area contributed by atoms with E-state index < -0.39 is 0 Å². The zero-order valence-corrected chi connectivity index (χ0v) is 16.4. The second-order valence-corrected chi connectivity index (χ2v) is 6.03. The Morgan fingerprint density at radius 2 is 1.75 bits per heavy atom. The molecule has 7 nitrogen and oxygen atoms in total. The molecule has 0 heterocycles. The van der Waals surface area contributed by atoms with Crippen LogP contribution in [0, 0.1) is 0 Å².